The number of aromatic nitrogens is 2. The van der Waals surface area contributed by atoms with Crippen molar-refractivity contribution in [1.29, 1.82) is 0 Å². The summed E-state index contributed by atoms with van der Waals surface area (Å²) < 4.78 is 1.99. The van der Waals surface area contributed by atoms with Gasteiger partial charge in [-0.05, 0) is 25.0 Å². The highest BCUT2D eigenvalue weighted by Gasteiger charge is 2.29. The van der Waals surface area contributed by atoms with Gasteiger partial charge in [0, 0.05) is 26.2 Å². The Morgan fingerprint density at radius 1 is 1.38 bits per heavy atom. The van der Waals surface area contributed by atoms with Crippen LogP contribution < -0.4 is 10.6 Å². The molecule has 0 atom stereocenters. The van der Waals surface area contributed by atoms with Crippen molar-refractivity contribution in [2.24, 2.45) is 0 Å². The predicted molar refractivity (Wildman–Crippen MR) is 65.9 cm³/mol. The van der Waals surface area contributed by atoms with Gasteiger partial charge in [-0.3, -0.25) is 4.40 Å². The van der Waals surface area contributed by atoms with Crippen LogP contribution in [-0.2, 0) is 0 Å². The van der Waals surface area contributed by atoms with Gasteiger partial charge in [-0.1, -0.05) is 0 Å². The van der Waals surface area contributed by atoms with Gasteiger partial charge in [0.2, 0.25) is 0 Å². The smallest absolute Gasteiger partial charge is 0.138 e. The summed E-state index contributed by atoms with van der Waals surface area (Å²) in [6.45, 7) is 0. The van der Waals surface area contributed by atoms with Crippen LogP contribution >= 0.6 is 0 Å². The number of rotatable bonds is 2. The first-order chi connectivity index (χ1) is 7.66. The third-order valence-electron chi connectivity index (χ3n) is 3.15. The lowest BCUT2D eigenvalue weighted by atomic mass is 10.3. The molecule has 2 aromatic heterocycles. The normalized spacial score (nSPS) is 15.6. The molecule has 1 aliphatic rings. The lowest BCUT2D eigenvalue weighted by Gasteiger charge is -2.12. The largest absolute Gasteiger partial charge is 0.383 e. The first kappa shape index (κ1) is 9.51. The molecule has 84 valence electrons. The van der Waals surface area contributed by atoms with Crippen molar-refractivity contribution in [3.63, 3.8) is 0 Å². The van der Waals surface area contributed by atoms with E-state index in [0.717, 1.165) is 22.8 Å². The van der Waals surface area contributed by atoms with Crippen molar-refractivity contribution in [3.05, 3.63) is 24.0 Å². The molecule has 0 unspecified atom stereocenters. The van der Waals surface area contributed by atoms with Gasteiger partial charge in [0.05, 0.1) is 11.4 Å². The average molecular weight is 216 g/mol. The van der Waals surface area contributed by atoms with Crippen LogP contribution in [0.25, 0.3) is 5.65 Å². The van der Waals surface area contributed by atoms with Crippen molar-refractivity contribution in [3.8, 4) is 0 Å². The first-order valence-electron chi connectivity index (χ1n) is 5.61. The Balaban J connectivity index is 2.18. The van der Waals surface area contributed by atoms with Crippen molar-refractivity contribution in [2.75, 3.05) is 24.7 Å². The second-order valence-corrected chi connectivity index (χ2v) is 4.67. The fraction of sp³-hybridized carbons (Fsp3) is 0.417. The Morgan fingerprint density at radius 2 is 2.12 bits per heavy atom. The number of pyridine rings is 1. The molecule has 4 heteroatoms. The van der Waals surface area contributed by atoms with Gasteiger partial charge in [-0.15, -0.1) is 0 Å². The van der Waals surface area contributed by atoms with Crippen LogP contribution in [0.2, 0.25) is 0 Å². The number of fused-ring (bicyclic) bond motifs is 1. The van der Waals surface area contributed by atoms with E-state index >= 15 is 0 Å². The zero-order chi connectivity index (χ0) is 11.3. The quantitative estimate of drug-likeness (QED) is 0.833. The maximum atomic E-state index is 6.13. The van der Waals surface area contributed by atoms with Crippen LogP contribution in [0.5, 0.6) is 0 Å². The monoisotopic (exact) mass is 216 g/mol. The van der Waals surface area contributed by atoms with E-state index in [-0.39, 0.29) is 0 Å². The molecular weight excluding hydrogens is 200 g/mol. The molecule has 0 aliphatic heterocycles. The number of nitrogen functional groups attached to an aromatic ring is 1. The molecule has 0 bridgehead atoms. The summed E-state index contributed by atoms with van der Waals surface area (Å²) in [6, 6.07) is 4.09. The summed E-state index contributed by atoms with van der Waals surface area (Å²) in [5.41, 5.74) is 9.30. The fourth-order valence-electron chi connectivity index (χ4n) is 1.99. The third-order valence-corrected chi connectivity index (χ3v) is 3.15. The van der Waals surface area contributed by atoms with Gasteiger partial charge in [0.1, 0.15) is 11.5 Å². The zero-order valence-corrected chi connectivity index (χ0v) is 9.64. The molecule has 0 radical (unpaired) electrons. The molecular formula is C12H16N4. The SMILES string of the molecule is CN(C)c1ccc2nc(C3CC3)c(N)n2c1. The van der Waals surface area contributed by atoms with E-state index in [4.69, 9.17) is 5.73 Å². The molecule has 3 rings (SSSR count). The molecule has 1 aliphatic carbocycles. The maximum absolute atomic E-state index is 6.13. The Bertz CT molecular complexity index is 537. The highest BCUT2D eigenvalue weighted by atomic mass is 15.1. The van der Waals surface area contributed by atoms with Crippen molar-refractivity contribution in [1.82, 2.24) is 9.38 Å². The molecule has 1 saturated carbocycles. The molecule has 16 heavy (non-hydrogen) atoms. The van der Waals surface area contributed by atoms with Gasteiger partial charge >= 0.3 is 0 Å². The highest BCUT2D eigenvalue weighted by molar-refractivity contribution is 5.59. The lowest BCUT2D eigenvalue weighted by molar-refractivity contribution is 1.06. The van der Waals surface area contributed by atoms with E-state index < -0.39 is 0 Å². The molecule has 0 saturated heterocycles. The summed E-state index contributed by atoms with van der Waals surface area (Å²) in [5.74, 6) is 1.41. The molecule has 2 N–H and O–H groups in total. The highest BCUT2D eigenvalue weighted by Crippen LogP contribution is 2.42. The first-order valence-corrected chi connectivity index (χ1v) is 5.61. The summed E-state index contributed by atoms with van der Waals surface area (Å²) in [6.07, 6.45) is 4.51. The minimum atomic E-state index is 0.600. The van der Waals surface area contributed by atoms with Crippen LogP contribution in [0.1, 0.15) is 24.5 Å². The summed E-state index contributed by atoms with van der Waals surface area (Å²) in [7, 11) is 4.05. The lowest BCUT2D eigenvalue weighted by Crippen LogP contribution is -2.09. The van der Waals surface area contributed by atoms with Gasteiger partial charge < -0.3 is 10.6 Å². The minimum Gasteiger partial charge on any atom is -0.383 e. The minimum absolute atomic E-state index is 0.600. The van der Waals surface area contributed by atoms with Crippen LogP contribution in [-0.4, -0.2) is 23.5 Å². The van der Waals surface area contributed by atoms with E-state index in [1.165, 1.54) is 12.8 Å². The van der Waals surface area contributed by atoms with E-state index in [1.807, 2.05) is 30.8 Å². The van der Waals surface area contributed by atoms with Gasteiger partial charge in [0.25, 0.3) is 0 Å². The van der Waals surface area contributed by atoms with E-state index in [1.54, 1.807) is 0 Å². The average Bonchev–Trinajstić information content (AvgIpc) is 3.04. The van der Waals surface area contributed by atoms with Crippen LogP contribution in [0.3, 0.4) is 0 Å². The summed E-state index contributed by atoms with van der Waals surface area (Å²) in [4.78, 5) is 6.66. The zero-order valence-electron chi connectivity index (χ0n) is 9.64. The predicted octanol–water partition coefficient (Wildman–Crippen LogP) is 1.86. The van der Waals surface area contributed by atoms with Gasteiger partial charge in [-0.25, -0.2) is 4.98 Å². The topological polar surface area (TPSA) is 46.6 Å². The molecule has 2 aromatic rings. The Labute approximate surface area is 94.7 Å². The molecule has 0 aromatic carbocycles. The van der Waals surface area contributed by atoms with Crippen molar-refractivity contribution in [2.45, 2.75) is 18.8 Å². The molecule has 0 spiro atoms. The molecule has 0 amide bonds. The third kappa shape index (κ3) is 1.33. The van der Waals surface area contributed by atoms with E-state index in [9.17, 15) is 0 Å². The Hall–Kier alpha value is -1.71. The standard InChI is InChI=1S/C12H16N4/c1-15(2)9-5-6-10-14-11(8-3-4-8)12(13)16(10)7-9/h5-8H,3-4,13H2,1-2H3. The number of imidazole rings is 1. The second-order valence-electron chi connectivity index (χ2n) is 4.67. The Kier molecular flexibility index (Phi) is 1.87. The number of hydrogen-bond acceptors (Lipinski definition) is 3. The molecule has 2 heterocycles. The summed E-state index contributed by atoms with van der Waals surface area (Å²) in [5, 5.41) is 0. The molecule has 1 fully saturated rings. The van der Waals surface area contributed by atoms with E-state index in [2.05, 4.69) is 16.0 Å². The van der Waals surface area contributed by atoms with Crippen molar-refractivity contribution >= 4 is 17.2 Å². The fourth-order valence-corrected chi connectivity index (χ4v) is 1.99. The van der Waals surface area contributed by atoms with Gasteiger partial charge in [0.15, 0.2) is 0 Å². The van der Waals surface area contributed by atoms with Crippen molar-refractivity contribution < 1.29 is 0 Å². The number of nitrogens with zero attached hydrogens (tertiary/aromatic N) is 3. The van der Waals surface area contributed by atoms with E-state index in [0.29, 0.717) is 5.92 Å². The second kappa shape index (κ2) is 3.14. The van der Waals surface area contributed by atoms with Crippen LogP contribution in [0.15, 0.2) is 18.3 Å². The number of nitrogens with two attached hydrogens (primary N) is 1. The summed E-state index contributed by atoms with van der Waals surface area (Å²) >= 11 is 0. The maximum Gasteiger partial charge on any atom is 0.138 e. The number of anilines is 2. The number of hydrogen-bond donors (Lipinski definition) is 1. The molecule has 4 nitrogen and oxygen atoms in total. The van der Waals surface area contributed by atoms with Crippen LogP contribution in [0, 0.1) is 0 Å². The Morgan fingerprint density at radius 3 is 2.75 bits per heavy atom. The van der Waals surface area contributed by atoms with Crippen LogP contribution in [0.4, 0.5) is 11.5 Å². The van der Waals surface area contributed by atoms with Gasteiger partial charge in [-0.2, -0.15) is 0 Å².